The average molecular weight is 447 g/mol. The molecule has 5 aromatic rings. The zero-order valence-corrected chi connectivity index (χ0v) is 19.5. The lowest BCUT2D eigenvalue weighted by atomic mass is 9.97. The largest absolute Gasteiger partial charge is 0.355 e. The second-order valence-electron chi connectivity index (χ2n) is 8.98. The van der Waals surface area contributed by atoms with E-state index in [9.17, 15) is 0 Å². The molecule has 0 aliphatic rings. The fourth-order valence-corrected chi connectivity index (χ4v) is 4.45. The Morgan fingerprint density at radius 2 is 0.912 bits per heavy atom. The number of rotatable bonds is 6. The summed E-state index contributed by atoms with van der Waals surface area (Å²) >= 11 is 0. The third-order valence-corrected chi connectivity index (χ3v) is 6.26. The van der Waals surface area contributed by atoms with Gasteiger partial charge in [-0.05, 0) is 82.9 Å². The topological polar surface area (TPSA) is 76.1 Å². The zero-order chi connectivity index (χ0) is 23.7. The van der Waals surface area contributed by atoms with Crippen LogP contribution in [0.5, 0.6) is 0 Å². The van der Waals surface area contributed by atoms with Gasteiger partial charge >= 0.3 is 0 Å². The summed E-state index contributed by atoms with van der Waals surface area (Å²) in [5, 5.41) is 12.0. The molecule has 0 heterocycles. The summed E-state index contributed by atoms with van der Waals surface area (Å²) in [5.74, 6) is 0. The van der Waals surface area contributed by atoms with Gasteiger partial charge in [0.05, 0.1) is 0 Å². The Morgan fingerprint density at radius 3 is 1.32 bits per heavy atom. The molecule has 4 nitrogen and oxygen atoms in total. The van der Waals surface area contributed by atoms with Crippen LogP contribution in [0.25, 0.3) is 21.5 Å². The molecule has 0 radical (unpaired) electrons. The molecular formula is C30H30N4. The van der Waals surface area contributed by atoms with Gasteiger partial charge < -0.3 is 22.1 Å². The van der Waals surface area contributed by atoms with Gasteiger partial charge in [-0.15, -0.1) is 0 Å². The van der Waals surface area contributed by atoms with E-state index in [1.54, 1.807) is 0 Å². The molecule has 5 rings (SSSR count). The number of nitrogens with two attached hydrogens (primary N) is 2. The molecule has 5 aromatic carbocycles. The van der Waals surface area contributed by atoms with E-state index < -0.39 is 0 Å². The van der Waals surface area contributed by atoms with Crippen molar-refractivity contribution in [3.8, 4) is 0 Å². The van der Waals surface area contributed by atoms with Crippen molar-refractivity contribution < 1.29 is 0 Å². The molecule has 34 heavy (non-hydrogen) atoms. The van der Waals surface area contributed by atoms with Gasteiger partial charge in [0.2, 0.25) is 0 Å². The van der Waals surface area contributed by atoms with Crippen LogP contribution in [-0.4, -0.2) is 0 Å². The van der Waals surface area contributed by atoms with Crippen molar-refractivity contribution in [1.29, 1.82) is 0 Å². The van der Waals surface area contributed by atoms with Crippen molar-refractivity contribution in [2.75, 3.05) is 10.6 Å². The molecule has 4 heteroatoms. The first-order valence-electron chi connectivity index (χ1n) is 11.7. The highest BCUT2D eigenvalue weighted by Crippen LogP contribution is 2.36. The van der Waals surface area contributed by atoms with E-state index in [2.05, 4.69) is 108 Å². The second-order valence-corrected chi connectivity index (χ2v) is 8.98. The van der Waals surface area contributed by atoms with Crippen molar-refractivity contribution in [1.82, 2.24) is 0 Å². The van der Waals surface area contributed by atoms with Crippen molar-refractivity contribution >= 4 is 44.3 Å². The summed E-state index contributed by atoms with van der Waals surface area (Å²) in [4.78, 5) is 0. The molecule has 0 fully saturated rings. The molecule has 0 aliphatic heterocycles. The maximum absolute atomic E-state index is 6.39. The van der Waals surface area contributed by atoms with Gasteiger partial charge in [0.1, 0.15) is 0 Å². The summed E-state index contributed by atoms with van der Waals surface area (Å²) in [6, 6.07) is 33.5. The van der Waals surface area contributed by atoms with Crippen molar-refractivity contribution in [3.63, 3.8) is 0 Å². The molecule has 6 N–H and O–H groups in total. The lowest BCUT2D eigenvalue weighted by Crippen LogP contribution is -2.13. The van der Waals surface area contributed by atoms with Crippen LogP contribution in [-0.2, 0) is 0 Å². The van der Waals surface area contributed by atoms with Crippen LogP contribution in [0.15, 0.2) is 97.1 Å². The summed E-state index contributed by atoms with van der Waals surface area (Å²) in [6.45, 7) is 4.00. The highest BCUT2D eigenvalue weighted by Gasteiger charge is 2.16. The van der Waals surface area contributed by atoms with Crippen molar-refractivity contribution in [2.24, 2.45) is 11.5 Å². The highest BCUT2D eigenvalue weighted by molar-refractivity contribution is 5.88. The first kappa shape index (κ1) is 22.0. The molecule has 0 spiro atoms. The third-order valence-electron chi connectivity index (χ3n) is 6.26. The fourth-order valence-electron chi connectivity index (χ4n) is 4.45. The number of hydrogen-bond acceptors (Lipinski definition) is 4. The standard InChI is InChI=1S/C30H30N4/c1-19(31)27-17-28(20(2)32)30(34-26-14-12-22-8-4-6-10-24(22)16-26)18-29(27)33-25-13-11-21-7-3-5-9-23(21)15-25/h3-20,33-34H,31-32H2,1-2H3. The second kappa shape index (κ2) is 9.18. The van der Waals surface area contributed by atoms with Crippen molar-refractivity contribution in [2.45, 2.75) is 25.9 Å². The molecular weight excluding hydrogens is 416 g/mol. The van der Waals surface area contributed by atoms with Crippen LogP contribution >= 0.6 is 0 Å². The summed E-state index contributed by atoms with van der Waals surface area (Å²) in [7, 11) is 0. The molecule has 2 unspecified atom stereocenters. The van der Waals surface area contributed by atoms with Crippen LogP contribution < -0.4 is 22.1 Å². The zero-order valence-electron chi connectivity index (χ0n) is 19.5. The number of nitrogens with one attached hydrogen (secondary N) is 2. The first-order chi connectivity index (χ1) is 16.5. The Balaban J connectivity index is 1.56. The van der Waals surface area contributed by atoms with Crippen LogP contribution in [0.3, 0.4) is 0 Å². The van der Waals surface area contributed by atoms with Gasteiger partial charge in [-0.25, -0.2) is 0 Å². The number of hydrogen-bond donors (Lipinski definition) is 4. The number of anilines is 4. The summed E-state index contributed by atoms with van der Waals surface area (Å²) in [5.41, 5.74) is 18.8. The smallest absolute Gasteiger partial charge is 0.0453 e. The SMILES string of the molecule is CC(N)c1cc(C(C)N)c(Nc2ccc3ccccc3c2)cc1Nc1ccc2ccccc2c1. The maximum atomic E-state index is 6.39. The lowest BCUT2D eigenvalue weighted by Gasteiger charge is -2.22. The van der Waals surface area contributed by atoms with E-state index in [1.807, 2.05) is 13.8 Å². The van der Waals surface area contributed by atoms with Gasteiger partial charge in [-0.2, -0.15) is 0 Å². The monoisotopic (exact) mass is 446 g/mol. The summed E-state index contributed by atoms with van der Waals surface area (Å²) < 4.78 is 0. The predicted molar refractivity (Wildman–Crippen MR) is 146 cm³/mol. The van der Waals surface area contributed by atoms with Crippen LogP contribution in [0, 0.1) is 0 Å². The average Bonchev–Trinajstić information content (AvgIpc) is 2.83. The Hall–Kier alpha value is -3.86. The minimum Gasteiger partial charge on any atom is -0.355 e. The lowest BCUT2D eigenvalue weighted by molar-refractivity contribution is 0.792. The van der Waals surface area contributed by atoms with E-state index >= 15 is 0 Å². The van der Waals surface area contributed by atoms with E-state index in [4.69, 9.17) is 11.5 Å². The van der Waals surface area contributed by atoms with E-state index in [-0.39, 0.29) is 12.1 Å². The number of fused-ring (bicyclic) bond motifs is 2. The Bertz CT molecular complexity index is 1360. The van der Waals surface area contributed by atoms with E-state index in [0.717, 1.165) is 33.9 Å². The predicted octanol–water partition coefficient (Wildman–Crippen LogP) is 7.52. The van der Waals surface area contributed by atoms with E-state index in [0.29, 0.717) is 0 Å². The molecule has 0 aliphatic carbocycles. The Labute approximate surface area is 200 Å². The van der Waals surface area contributed by atoms with Crippen LogP contribution in [0.1, 0.15) is 37.1 Å². The fraction of sp³-hybridized carbons (Fsp3) is 0.133. The molecule has 0 amide bonds. The third kappa shape index (κ3) is 4.46. The minimum absolute atomic E-state index is 0.143. The molecule has 0 bridgehead atoms. The van der Waals surface area contributed by atoms with Crippen molar-refractivity contribution in [3.05, 3.63) is 108 Å². The molecule has 0 saturated carbocycles. The normalized spacial score (nSPS) is 13.1. The van der Waals surface area contributed by atoms with Gasteiger partial charge in [0.15, 0.2) is 0 Å². The quantitative estimate of drug-likeness (QED) is 0.218. The highest BCUT2D eigenvalue weighted by atomic mass is 14.9. The Kier molecular flexibility index (Phi) is 5.93. The van der Waals surface area contributed by atoms with Gasteiger partial charge in [-0.1, -0.05) is 60.7 Å². The molecule has 0 saturated heterocycles. The van der Waals surface area contributed by atoms with Crippen LogP contribution in [0.4, 0.5) is 22.7 Å². The molecule has 2 atom stereocenters. The first-order valence-corrected chi connectivity index (χ1v) is 11.7. The van der Waals surface area contributed by atoms with E-state index in [1.165, 1.54) is 21.5 Å². The van der Waals surface area contributed by atoms with Gasteiger partial charge in [0.25, 0.3) is 0 Å². The molecule has 0 aromatic heterocycles. The van der Waals surface area contributed by atoms with Gasteiger partial charge in [-0.3, -0.25) is 0 Å². The summed E-state index contributed by atoms with van der Waals surface area (Å²) in [6.07, 6.45) is 0. The van der Waals surface area contributed by atoms with Crippen LogP contribution in [0.2, 0.25) is 0 Å². The molecule has 170 valence electrons. The number of benzene rings is 5. The minimum atomic E-state index is -0.143. The Morgan fingerprint density at radius 1 is 0.500 bits per heavy atom. The maximum Gasteiger partial charge on any atom is 0.0453 e. The van der Waals surface area contributed by atoms with Gasteiger partial charge in [0, 0.05) is 34.8 Å².